The van der Waals surface area contributed by atoms with Gasteiger partial charge < -0.3 is 16.0 Å². The molecule has 1 aromatic heterocycles. The van der Waals surface area contributed by atoms with Gasteiger partial charge >= 0.3 is 0 Å². The number of allylic oxidation sites excluding steroid dienone is 1. The summed E-state index contributed by atoms with van der Waals surface area (Å²) in [5.74, 6) is 0.141. The minimum atomic E-state index is -0.511. The Labute approximate surface area is 165 Å². The number of benzene rings is 1. The molecule has 1 aliphatic heterocycles. The lowest BCUT2D eigenvalue weighted by atomic mass is 10.1. The third kappa shape index (κ3) is 5.76. The van der Waals surface area contributed by atoms with Gasteiger partial charge in [-0.15, -0.1) is 0 Å². The number of pyridine rings is 1. The van der Waals surface area contributed by atoms with Crippen LogP contribution in [-0.4, -0.2) is 47.8 Å². The highest BCUT2D eigenvalue weighted by molar-refractivity contribution is 6.07. The van der Waals surface area contributed by atoms with Crippen LogP contribution in [0.2, 0.25) is 0 Å². The van der Waals surface area contributed by atoms with E-state index in [1.807, 2.05) is 18.2 Å². The lowest BCUT2D eigenvalue weighted by Crippen LogP contribution is -2.33. The highest BCUT2D eigenvalue weighted by atomic mass is 16.1. The lowest BCUT2D eigenvalue weighted by Gasteiger charge is -2.26. The summed E-state index contributed by atoms with van der Waals surface area (Å²) in [6, 6.07) is 12.0. The summed E-state index contributed by atoms with van der Waals surface area (Å²) in [5.41, 5.74) is 6.80. The molecule has 0 radical (unpaired) electrons. The van der Waals surface area contributed by atoms with E-state index in [0.29, 0.717) is 16.8 Å². The van der Waals surface area contributed by atoms with Gasteiger partial charge in [-0.05, 0) is 62.3 Å². The zero-order chi connectivity index (χ0) is 19.8. The van der Waals surface area contributed by atoms with Gasteiger partial charge in [-0.3, -0.25) is 9.59 Å². The second-order valence-electron chi connectivity index (χ2n) is 6.92. The molecule has 1 aliphatic rings. The molecule has 0 spiro atoms. The van der Waals surface area contributed by atoms with Crippen LogP contribution in [0.5, 0.6) is 0 Å². The number of nitrogens with one attached hydrogen (secondary N) is 1. The topological polar surface area (TPSA) is 88.3 Å². The summed E-state index contributed by atoms with van der Waals surface area (Å²) in [6.45, 7) is 4.23. The van der Waals surface area contributed by atoms with Crippen molar-refractivity contribution in [1.29, 1.82) is 0 Å². The Hall–Kier alpha value is -2.99. The SMILES string of the molecule is NC(=O)c1ccc(C(=O)C=Cc2cccc(NCCN3CCCCC3)n2)cc1. The number of hydrogen-bond donors (Lipinski definition) is 2. The fourth-order valence-electron chi connectivity index (χ4n) is 3.22. The average Bonchev–Trinajstić information content (AvgIpc) is 2.73. The van der Waals surface area contributed by atoms with E-state index in [2.05, 4.69) is 15.2 Å². The molecule has 0 bridgehead atoms. The Morgan fingerprint density at radius 1 is 1.04 bits per heavy atom. The first-order valence-electron chi connectivity index (χ1n) is 9.67. The molecular weight excluding hydrogens is 352 g/mol. The Bertz CT molecular complexity index is 840. The van der Waals surface area contributed by atoms with Gasteiger partial charge in [0.15, 0.2) is 5.78 Å². The van der Waals surface area contributed by atoms with E-state index in [4.69, 9.17) is 5.73 Å². The number of anilines is 1. The highest BCUT2D eigenvalue weighted by Crippen LogP contribution is 2.10. The minimum Gasteiger partial charge on any atom is -0.369 e. The maximum atomic E-state index is 12.3. The largest absolute Gasteiger partial charge is 0.369 e. The second-order valence-corrected chi connectivity index (χ2v) is 6.92. The third-order valence-electron chi connectivity index (χ3n) is 4.81. The van der Waals surface area contributed by atoms with Gasteiger partial charge in [-0.1, -0.05) is 24.6 Å². The van der Waals surface area contributed by atoms with Crippen LogP contribution >= 0.6 is 0 Å². The van der Waals surface area contributed by atoms with Crippen molar-refractivity contribution in [2.45, 2.75) is 19.3 Å². The van der Waals surface area contributed by atoms with Crippen molar-refractivity contribution in [3.8, 4) is 0 Å². The highest BCUT2D eigenvalue weighted by Gasteiger charge is 2.09. The van der Waals surface area contributed by atoms with E-state index < -0.39 is 5.91 Å². The van der Waals surface area contributed by atoms with Crippen molar-refractivity contribution in [2.75, 3.05) is 31.5 Å². The molecule has 0 atom stereocenters. The van der Waals surface area contributed by atoms with Crippen molar-refractivity contribution in [2.24, 2.45) is 5.73 Å². The molecule has 0 saturated carbocycles. The number of nitrogens with zero attached hydrogens (tertiary/aromatic N) is 2. The standard InChI is InChI=1S/C22H26N4O2/c23-22(28)18-9-7-17(8-10-18)20(27)12-11-19-5-4-6-21(25-19)24-13-16-26-14-2-1-3-15-26/h4-12H,1-3,13-16H2,(H2,23,28)(H,24,25). The number of piperidine rings is 1. The average molecular weight is 378 g/mol. The van der Waals surface area contributed by atoms with E-state index in [-0.39, 0.29) is 5.78 Å². The fourth-order valence-corrected chi connectivity index (χ4v) is 3.22. The van der Waals surface area contributed by atoms with Crippen LogP contribution in [0.15, 0.2) is 48.5 Å². The summed E-state index contributed by atoms with van der Waals surface area (Å²) in [4.78, 5) is 30.4. The van der Waals surface area contributed by atoms with Crippen LogP contribution in [0.25, 0.3) is 6.08 Å². The normalized spacial score (nSPS) is 14.9. The summed E-state index contributed by atoms with van der Waals surface area (Å²) >= 11 is 0. The Kier molecular flexibility index (Phi) is 6.92. The minimum absolute atomic E-state index is 0.152. The molecule has 3 N–H and O–H groups in total. The smallest absolute Gasteiger partial charge is 0.248 e. The molecule has 6 nitrogen and oxygen atoms in total. The maximum absolute atomic E-state index is 12.3. The molecule has 28 heavy (non-hydrogen) atoms. The van der Waals surface area contributed by atoms with Crippen LogP contribution < -0.4 is 11.1 Å². The summed E-state index contributed by atoms with van der Waals surface area (Å²) < 4.78 is 0. The maximum Gasteiger partial charge on any atom is 0.248 e. The fraction of sp³-hybridized carbons (Fsp3) is 0.318. The van der Waals surface area contributed by atoms with Crippen LogP contribution in [0.1, 0.15) is 45.7 Å². The van der Waals surface area contributed by atoms with Crippen LogP contribution in [0, 0.1) is 0 Å². The van der Waals surface area contributed by atoms with Gasteiger partial charge in [0, 0.05) is 24.2 Å². The Balaban J connectivity index is 1.54. The van der Waals surface area contributed by atoms with Crippen molar-refractivity contribution >= 4 is 23.6 Å². The van der Waals surface area contributed by atoms with E-state index in [0.717, 1.165) is 18.9 Å². The number of carbonyl (C=O) groups is 2. The molecule has 1 saturated heterocycles. The first-order valence-corrected chi connectivity index (χ1v) is 9.67. The number of nitrogens with two attached hydrogens (primary N) is 1. The number of rotatable bonds is 8. The molecule has 146 valence electrons. The lowest BCUT2D eigenvalue weighted by molar-refractivity contribution is 0.0997. The van der Waals surface area contributed by atoms with Crippen molar-refractivity contribution < 1.29 is 9.59 Å². The molecular formula is C22H26N4O2. The van der Waals surface area contributed by atoms with E-state index in [1.165, 1.54) is 38.4 Å². The van der Waals surface area contributed by atoms with Gasteiger partial charge in [-0.2, -0.15) is 0 Å². The molecule has 1 amide bonds. The number of ketones is 1. The van der Waals surface area contributed by atoms with E-state index >= 15 is 0 Å². The third-order valence-corrected chi connectivity index (χ3v) is 4.81. The first-order chi connectivity index (χ1) is 13.6. The Morgan fingerprint density at radius 2 is 1.75 bits per heavy atom. The number of amides is 1. The second kappa shape index (κ2) is 9.80. The Morgan fingerprint density at radius 3 is 2.46 bits per heavy atom. The summed E-state index contributed by atoms with van der Waals surface area (Å²) in [7, 11) is 0. The molecule has 2 aromatic rings. The molecule has 0 aliphatic carbocycles. The zero-order valence-corrected chi connectivity index (χ0v) is 15.9. The van der Waals surface area contributed by atoms with Crippen molar-refractivity contribution in [3.63, 3.8) is 0 Å². The molecule has 1 aromatic carbocycles. The molecule has 6 heteroatoms. The molecule has 3 rings (SSSR count). The molecule has 1 fully saturated rings. The van der Waals surface area contributed by atoms with E-state index in [9.17, 15) is 9.59 Å². The monoisotopic (exact) mass is 378 g/mol. The van der Waals surface area contributed by atoms with Gasteiger partial charge in [-0.25, -0.2) is 4.98 Å². The molecule has 0 unspecified atom stereocenters. The van der Waals surface area contributed by atoms with Gasteiger partial charge in [0.1, 0.15) is 5.82 Å². The number of aromatic nitrogens is 1. The number of carbonyl (C=O) groups excluding carboxylic acids is 2. The number of likely N-dealkylation sites (tertiary alicyclic amines) is 1. The summed E-state index contributed by atoms with van der Waals surface area (Å²) in [5, 5.41) is 3.35. The number of hydrogen-bond acceptors (Lipinski definition) is 5. The van der Waals surface area contributed by atoms with Crippen LogP contribution in [0.4, 0.5) is 5.82 Å². The van der Waals surface area contributed by atoms with Crippen molar-refractivity contribution in [3.05, 3.63) is 65.4 Å². The van der Waals surface area contributed by atoms with Gasteiger partial charge in [0.25, 0.3) is 0 Å². The van der Waals surface area contributed by atoms with E-state index in [1.54, 1.807) is 30.3 Å². The van der Waals surface area contributed by atoms with Crippen molar-refractivity contribution in [1.82, 2.24) is 9.88 Å². The quantitative estimate of drug-likeness (QED) is 0.545. The first kappa shape index (κ1) is 19.8. The van der Waals surface area contributed by atoms with Gasteiger partial charge in [0.2, 0.25) is 5.91 Å². The molecule has 2 heterocycles. The predicted octanol–water partition coefficient (Wildman–Crippen LogP) is 2.97. The van der Waals surface area contributed by atoms with Crippen LogP contribution in [0.3, 0.4) is 0 Å². The van der Waals surface area contributed by atoms with Gasteiger partial charge in [0.05, 0.1) is 5.69 Å². The zero-order valence-electron chi connectivity index (χ0n) is 15.9. The van der Waals surface area contributed by atoms with Crippen LogP contribution in [-0.2, 0) is 0 Å². The number of primary amides is 1. The predicted molar refractivity (Wildman–Crippen MR) is 111 cm³/mol. The summed E-state index contributed by atoms with van der Waals surface area (Å²) in [6.07, 6.45) is 7.10.